The van der Waals surface area contributed by atoms with Gasteiger partial charge in [-0.25, -0.2) is 9.13 Å². The molecule has 3 unspecified atom stereocenters. The van der Waals surface area contributed by atoms with Crippen LogP contribution in [-0.4, -0.2) is 96.7 Å². The molecule has 0 spiro atoms. The van der Waals surface area contributed by atoms with Gasteiger partial charge in [0.15, 0.2) is 12.2 Å². The minimum absolute atomic E-state index is 0.109. The van der Waals surface area contributed by atoms with E-state index >= 15 is 0 Å². The predicted molar refractivity (Wildman–Crippen MR) is 465 cm³/mol. The number of hydrogen-bond acceptors (Lipinski definition) is 15. The van der Waals surface area contributed by atoms with Gasteiger partial charge in [0.25, 0.3) is 0 Å². The molecule has 0 radical (unpaired) electrons. The van der Waals surface area contributed by atoms with Crippen molar-refractivity contribution in [1.82, 2.24) is 0 Å². The summed E-state index contributed by atoms with van der Waals surface area (Å²) in [5, 5.41) is 10.7. The van der Waals surface area contributed by atoms with Crippen molar-refractivity contribution in [3.05, 3.63) is 0 Å². The molecule has 0 amide bonds. The average Bonchev–Trinajstić information content (AvgIpc) is 0.893. The zero-order valence-corrected chi connectivity index (χ0v) is 75.6. The van der Waals surface area contributed by atoms with Gasteiger partial charge in [-0.3, -0.25) is 37.3 Å². The standard InChI is InChI=1S/C93H182O17P2/c1-6-10-13-16-19-22-25-28-30-31-32-33-34-35-39-43-47-52-57-62-67-72-77-91(96)104-83-89(110-93(98)79-74-69-64-59-54-49-44-40-37-36-38-42-46-50-55-60-65-70-75-86(5)9-4)85-108-112(101,102)106-81-87(94)80-105-111(99,100)107-84-88(82-103-90(95)76-71-66-61-56-51-45-27-24-21-18-15-12-8-3)109-92(97)78-73-68-63-58-53-48-41-29-26-23-20-17-14-11-7-2/h86-89,94H,6-85H2,1-5H3,(H,99,100)(H,101,102)/t86?,87-,88+,89+/m0/s1. The van der Waals surface area contributed by atoms with E-state index in [0.717, 1.165) is 95.8 Å². The molecule has 3 N–H and O–H groups in total. The summed E-state index contributed by atoms with van der Waals surface area (Å²) in [6.45, 7) is 7.48. The van der Waals surface area contributed by atoms with Crippen LogP contribution in [0, 0.1) is 5.92 Å². The zero-order chi connectivity index (χ0) is 81.8. The topological polar surface area (TPSA) is 237 Å². The van der Waals surface area contributed by atoms with Gasteiger partial charge in [-0.05, 0) is 31.6 Å². The fraction of sp³-hybridized carbons (Fsp3) is 0.957. The maximum Gasteiger partial charge on any atom is 0.472 e. The largest absolute Gasteiger partial charge is 0.472 e. The highest BCUT2D eigenvalue weighted by molar-refractivity contribution is 7.47. The molecule has 0 aromatic carbocycles. The van der Waals surface area contributed by atoms with Crippen molar-refractivity contribution in [2.24, 2.45) is 5.92 Å². The van der Waals surface area contributed by atoms with Gasteiger partial charge in [0.1, 0.15) is 19.3 Å². The van der Waals surface area contributed by atoms with Crippen LogP contribution in [0.5, 0.6) is 0 Å². The number of ether oxygens (including phenoxy) is 4. The number of aliphatic hydroxyl groups excluding tert-OH is 1. The van der Waals surface area contributed by atoms with Crippen LogP contribution in [0.4, 0.5) is 0 Å². The third-order valence-electron chi connectivity index (χ3n) is 22.4. The van der Waals surface area contributed by atoms with E-state index in [9.17, 15) is 43.2 Å². The van der Waals surface area contributed by atoms with Crippen LogP contribution in [0.3, 0.4) is 0 Å². The van der Waals surface area contributed by atoms with Crippen molar-refractivity contribution in [2.75, 3.05) is 39.6 Å². The van der Waals surface area contributed by atoms with Gasteiger partial charge in [0.2, 0.25) is 0 Å². The minimum Gasteiger partial charge on any atom is -0.462 e. The summed E-state index contributed by atoms with van der Waals surface area (Å²) in [6, 6.07) is 0. The van der Waals surface area contributed by atoms with E-state index < -0.39 is 97.5 Å². The van der Waals surface area contributed by atoms with Crippen molar-refractivity contribution in [2.45, 2.75) is 528 Å². The normalized spacial score (nSPS) is 13.9. The van der Waals surface area contributed by atoms with Crippen molar-refractivity contribution in [3.63, 3.8) is 0 Å². The van der Waals surface area contributed by atoms with Gasteiger partial charge >= 0.3 is 39.5 Å². The molecule has 0 bridgehead atoms. The second kappa shape index (κ2) is 85.5. The van der Waals surface area contributed by atoms with Gasteiger partial charge in [-0.2, -0.15) is 0 Å². The van der Waals surface area contributed by atoms with E-state index in [1.54, 1.807) is 0 Å². The number of rotatable bonds is 93. The van der Waals surface area contributed by atoms with Crippen molar-refractivity contribution in [3.8, 4) is 0 Å². The predicted octanol–water partition coefficient (Wildman–Crippen LogP) is 29.1. The number of aliphatic hydroxyl groups is 1. The van der Waals surface area contributed by atoms with E-state index in [-0.39, 0.29) is 25.7 Å². The van der Waals surface area contributed by atoms with E-state index in [0.29, 0.717) is 25.7 Å². The smallest absolute Gasteiger partial charge is 0.462 e. The highest BCUT2D eigenvalue weighted by Crippen LogP contribution is 2.45. The summed E-state index contributed by atoms with van der Waals surface area (Å²) >= 11 is 0. The molecule has 6 atom stereocenters. The molecule has 19 heteroatoms. The summed E-state index contributed by atoms with van der Waals surface area (Å²) in [5.74, 6) is -1.22. The van der Waals surface area contributed by atoms with Crippen LogP contribution in [0.15, 0.2) is 0 Å². The first-order chi connectivity index (χ1) is 54.6. The first-order valence-corrected chi connectivity index (χ1v) is 51.2. The molecular weight excluding hydrogens is 1450 g/mol. The van der Waals surface area contributed by atoms with Crippen LogP contribution in [0.2, 0.25) is 0 Å². The lowest BCUT2D eigenvalue weighted by Gasteiger charge is -2.21. The highest BCUT2D eigenvalue weighted by Gasteiger charge is 2.31. The zero-order valence-electron chi connectivity index (χ0n) is 73.8. The van der Waals surface area contributed by atoms with Crippen molar-refractivity contribution < 1.29 is 80.2 Å². The van der Waals surface area contributed by atoms with E-state index in [1.165, 1.54) is 334 Å². The summed E-state index contributed by atoms with van der Waals surface area (Å²) in [7, 11) is -9.94. The van der Waals surface area contributed by atoms with Gasteiger partial charge in [-0.1, -0.05) is 458 Å². The second-order valence-electron chi connectivity index (χ2n) is 33.6. The maximum absolute atomic E-state index is 13.2. The molecule has 0 saturated heterocycles. The number of carbonyl (C=O) groups excluding carboxylic acids is 4. The molecular formula is C93H182O17P2. The Morgan fingerprint density at radius 2 is 0.429 bits per heavy atom. The third-order valence-corrected chi connectivity index (χ3v) is 24.3. The average molecular weight is 1630 g/mol. The molecule has 0 aliphatic carbocycles. The molecule has 0 aromatic rings. The summed E-state index contributed by atoms with van der Waals surface area (Å²) in [4.78, 5) is 73.5. The molecule has 0 rings (SSSR count). The molecule has 0 fully saturated rings. The van der Waals surface area contributed by atoms with Crippen LogP contribution in [0.1, 0.15) is 510 Å². The molecule has 0 aromatic heterocycles. The number of phosphoric ester groups is 2. The first-order valence-electron chi connectivity index (χ1n) is 48.2. The Morgan fingerprint density at radius 1 is 0.250 bits per heavy atom. The third kappa shape index (κ3) is 84.5. The van der Waals surface area contributed by atoms with E-state index in [1.807, 2.05) is 0 Å². The van der Waals surface area contributed by atoms with Gasteiger partial charge in [0, 0.05) is 25.7 Å². The Labute approximate surface area is 689 Å². The van der Waals surface area contributed by atoms with Crippen LogP contribution < -0.4 is 0 Å². The van der Waals surface area contributed by atoms with Gasteiger partial charge in [0.05, 0.1) is 26.4 Å². The minimum atomic E-state index is -4.97. The Balaban J connectivity index is 5.24. The van der Waals surface area contributed by atoms with Crippen LogP contribution in [-0.2, 0) is 65.4 Å². The Kier molecular flexibility index (Phi) is 84.0. The summed E-state index contributed by atoms with van der Waals surface area (Å²) < 4.78 is 69.1. The molecule has 0 aliphatic heterocycles. The van der Waals surface area contributed by atoms with Crippen LogP contribution >= 0.6 is 15.6 Å². The van der Waals surface area contributed by atoms with Crippen LogP contribution in [0.25, 0.3) is 0 Å². The van der Waals surface area contributed by atoms with E-state index in [2.05, 4.69) is 34.6 Å². The Morgan fingerprint density at radius 3 is 0.634 bits per heavy atom. The number of carbonyl (C=O) groups is 4. The first kappa shape index (κ1) is 110. The Bertz CT molecular complexity index is 2120. The molecule has 17 nitrogen and oxygen atoms in total. The lowest BCUT2D eigenvalue weighted by atomic mass is 9.99. The number of unbranched alkanes of at least 4 members (excludes halogenated alkanes) is 64. The van der Waals surface area contributed by atoms with E-state index in [4.69, 9.17) is 37.0 Å². The quantitative estimate of drug-likeness (QED) is 0.0222. The second-order valence-corrected chi connectivity index (χ2v) is 36.6. The number of hydrogen-bond donors (Lipinski definition) is 3. The monoisotopic (exact) mass is 1630 g/mol. The lowest BCUT2D eigenvalue weighted by molar-refractivity contribution is -0.161. The van der Waals surface area contributed by atoms with Crippen molar-refractivity contribution >= 4 is 39.5 Å². The highest BCUT2D eigenvalue weighted by atomic mass is 31.2. The molecule has 0 heterocycles. The Hall–Kier alpha value is -1.94. The summed E-state index contributed by atoms with van der Waals surface area (Å²) in [5.41, 5.74) is 0. The number of esters is 4. The molecule has 0 aliphatic rings. The molecule has 0 saturated carbocycles. The van der Waals surface area contributed by atoms with Gasteiger partial charge < -0.3 is 33.8 Å². The number of phosphoric acid groups is 2. The maximum atomic E-state index is 13.2. The SMILES string of the molecule is CCCCCCCCCCCCCCCCCCCCCCCCC(=O)OC[C@H](COP(=O)(O)OC[C@@H](O)COP(=O)(O)OC[C@@H](COC(=O)CCCCCCCCCCCCCCC)OC(=O)CCCCCCCCCCCCCCCCC)OC(=O)CCCCCCCCCCCCCCCCCCCCC(C)CC. The van der Waals surface area contributed by atoms with Gasteiger partial charge in [-0.15, -0.1) is 0 Å². The molecule has 666 valence electrons. The summed E-state index contributed by atoms with van der Waals surface area (Å²) in [6.07, 6.45) is 82.0. The molecule has 112 heavy (non-hydrogen) atoms. The lowest BCUT2D eigenvalue weighted by Crippen LogP contribution is -2.30. The fourth-order valence-corrected chi connectivity index (χ4v) is 16.3. The fourth-order valence-electron chi connectivity index (χ4n) is 14.7. The van der Waals surface area contributed by atoms with Crippen molar-refractivity contribution in [1.29, 1.82) is 0 Å².